The normalized spacial score (nSPS) is 10.9. The van der Waals surface area contributed by atoms with Gasteiger partial charge in [-0.3, -0.25) is 4.79 Å². The Hall–Kier alpha value is -1.11. The first kappa shape index (κ1) is 30.9. The molecule has 0 amide bonds. The summed E-state index contributed by atoms with van der Waals surface area (Å²) >= 11 is 0. The first-order chi connectivity index (χ1) is 15.8. The summed E-state index contributed by atoms with van der Waals surface area (Å²) in [6.45, 7) is 9.49. The van der Waals surface area contributed by atoms with E-state index in [0.717, 1.165) is 12.8 Å². The molecule has 0 fully saturated rings. The molecule has 32 heavy (non-hydrogen) atoms. The summed E-state index contributed by atoms with van der Waals surface area (Å²) in [6, 6.07) is 0. The van der Waals surface area contributed by atoms with Gasteiger partial charge >= 0.3 is 5.97 Å². The fourth-order valence-electron chi connectivity index (χ4n) is 3.31. The fraction of sp³-hybridized carbons (Fsp3) is 0.885. The van der Waals surface area contributed by atoms with Crippen molar-refractivity contribution in [1.29, 1.82) is 0 Å². The smallest absolute Gasteiger partial charge is 0.305 e. The minimum atomic E-state index is -0.120. The zero-order chi connectivity index (χ0) is 23.4. The number of carbonyl (C=O) groups excluding carboxylic acids is 1. The molecule has 0 spiro atoms. The lowest BCUT2D eigenvalue weighted by molar-refractivity contribution is -0.145. The van der Waals surface area contributed by atoms with Crippen LogP contribution in [0.15, 0.2) is 12.8 Å². The Morgan fingerprint density at radius 2 is 1.00 bits per heavy atom. The number of carbonyl (C=O) groups is 1. The van der Waals surface area contributed by atoms with Gasteiger partial charge in [0.25, 0.3) is 0 Å². The van der Waals surface area contributed by atoms with Crippen molar-refractivity contribution in [1.82, 2.24) is 0 Å². The predicted molar refractivity (Wildman–Crippen MR) is 130 cm³/mol. The number of unbranched alkanes of at least 4 members (excludes halogenated alkanes) is 12. The Morgan fingerprint density at radius 1 is 0.594 bits per heavy atom. The molecule has 0 aromatic heterocycles. The third-order valence-corrected chi connectivity index (χ3v) is 5.18. The zero-order valence-electron chi connectivity index (χ0n) is 20.8. The van der Waals surface area contributed by atoms with Crippen LogP contribution in [0.25, 0.3) is 0 Å². The second-order valence-electron chi connectivity index (χ2n) is 8.09. The van der Waals surface area contributed by atoms with Crippen LogP contribution in [0.5, 0.6) is 0 Å². The predicted octanol–water partition coefficient (Wildman–Crippen LogP) is 6.22. The minimum Gasteiger partial charge on any atom is -0.499 e. The van der Waals surface area contributed by atoms with Crippen molar-refractivity contribution >= 4 is 5.97 Å². The van der Waals surface area contributed by atoms with Crippen molar-refractivity contribution in [3.63, 3.8) is 0 Å². The van der Waals surface area contributed by atoms with E-state index >= 15 is 0 Å². The van der Waals surface area contributed by atoms with Crippen LogP contribution in [0.3, 0.4) is 0 Å². The van der Waals surface area contributed by atoms with E-state index in [1.165, 1.54) is 76.9 Å². The van der Waals surface area contributed by atoms with Gasteiger partial charge < -0.3 is 23.7 Å². The Kier molecular flexibility index (Phi) is 27.0. The molecule has 0 radical (unpaired) electrons. The van der Waals surface area contributed by atoms with E-state index < -0.39 is 0 Å². The van der Waals surface area contributed by atoms with Crippen LogP contribution >= 0.6 is 0 Å². The highest BCUT2D eigenvalue weighted by atomic mass is 16.6. The number of hydrogen-bond acceptors (Lipinski definition) is 6. The minimum absolute atomic E-state index is 0.120. The highest BCUT2D eigenvalue weighted by Crippen LogP contribution is 2.13. The molecule has 190 valence electrons. The molecule has 0 saturated heterocycles. The van der Waals surface area contributed by atoms with Gasteiger partial charge in [-0.25, -0.2) is 0 Å². The third kappa shape index (κ3) is 26.9. The van der Waals surface area contributed by atoms with E-state index in [1.54, 1.807) is 0 Å². The molecule has 0 aliphatic rings. The van der Waals surface area contributed by atoms with Gasteiger partial charge in [0.2, 0.25) is 0 Å². The second-order valence-corrected chi connectivity index (χ2v) is 8.09. The van der Waals surface area contributed by atoms with E-state index in [4.69, 9.17) is 23.7 Å². The molecule has 0 rings (SSSR count). The topological polar surface area (TPSA) is 63.2 Å². The average molecular weight is 459 g/mol. The second kappa shape index (κ2) is 27.9. The van der Waals surface area contributed by atoms with Gasteiger partial charge in [-0.15, -0.1) is 0 Å². The van der Waals surface area contributed by atoms with Crippen molar-refractivity contribution < 1.29 is 28.5 Å². The van der Waals surface area contributed by atoms with E-state index in [0.29, 0.717) is 59.3 Å². The molecule has 0 aliphatic heterocycles. The van der Waals surface area contributed by atoms with Crippen LogP contribution < -0.4 is 0 Å². The molecule has 0 saturated carbocycles. The number of hydrogen-bond donors (Lipinski definition) is 0. The first-order valence-corrected chi connectivity index (χ1v) is 12.9. The lowest BCUT2D eigenvalue weighted by atomic mass is 10.0. The molecule has 0 heterocycles. The average Bonchev–Trinajstić information content (AvgIpc) is 2.80. The molecule has 6 heteroatoms. The van der Waals surface area contributed by atoms with Gasteiger partial charge in [-0.1, -0.05) is 90.6 Å². The molecule has 0 bridgehead atoms. The highest BCUT2D eigenvalue weighted by Gasteiger charge is 2.02. The number of rotatable bonds is 27. The van der Waals surface area contributed by atoms with E-state index in [9.17, 15) is 4.79 Å². The molecule has 0 aromatic rings. The van der Waals surface area contributed by atoms with Gasteiger partial charge in [0, 0.05) is 6.42 Å². The van der Waals surface area contributed by atoms with Gasteiger partial charge in [0.1, 0.15) is 13.2 Å². The van der Waals surface area contributed by atoms with E-state index in [-0.39, 0.29) is 5.97 Å². The largest absolute Gasteiger partial charge is 0.499 e. The van der Waals surface area contributed by atoms with Crippen molar-refractivity contribution in [3.8, 4) is 0 Å². The lowest BCUT2D eigenvalue weighted by Crippen LogP contribution is -2.14. The summed E-state index contributed by atoms with van der Waals surface area (Å²) in [5.74, 6) is -0.120. The molecule has 0 aromatic carbocycles. The summed E-state index contributed by atoms with van der Waals surface area (Å²) in [5, 5.41) is 0. The quantitative estimate of drug-likeness (QED) is 0.0827. The molecular weight excluding hydrogens is 408 g/mol. The van der Waals surface area contributed by atoms with Crippen LogP contribution in [0.2, 0.25) is 0 Å². The lowest BCUT2D eigenvalue weighted by Gasteiger charge is -2.08. The maximum atomic E-state index is 11.7. The van der Waals surface area contributed by atoms with Crippen LogP contribution in [0.1, 0.15) is 96.8 Å². The summed E-state index contributed by atoms with van der Waals surface area (Å²) in [4.78, 5) is 11.7. The van der Waals surface area contributed by atoms with Gasteiger partial charge in [-0.2, -0.15) is 0 Å². The van der Waals surface area contributed by atoms with Crippen LogP contribution in [-0.4, -0.2) is 58.8 Å². The van der Waals surface area contributed by atoms with Crippen molar-refractivity contribution in [2.75, 3.05) is 52.9 Å². The molecule has 0 unspecified atom stereocenters. The zero-order valence-corrected chi connectivity index (χ0v) is 20.8. The Balaban J connectivity index is 3.14. The fourth-order valence-corrected chi connectivity index (χ4v) is 3.31. The Labute approximate surface area is 197 Å². The summed E-state index contributed by atoms with van der Waals surface area (Å²) in [5.41, 5.74) is 0. The van der Waals surface area contributed by atoms with Gasteiger partial charge in [0.05, 0.1) is 45.9 Å². The highest BCUT2D eigenvalue weighted by molar-refractivity contribution is 5.69. The molecule has 0 atom stereocenters. The van der Waals surface area contributed by atoms with E-state index in [2.05, 4.69) is 13.5 Å². The third-order valence-electron chi connectivity index (χ3n) is 5.18. The monoisotopic (exact) mass is 458 g/mol. The molecule has 0 aliphatic carbocycles. The maximum absolute atomic E-state index is 11.7. The van der Waals surface area contributed by atoms with Crippen LogP contribution in [-0.2, 0) is 28.5 Å². The van der Waals surface area contributed by atoms with Gasteiger partial charge in [0.15, 0.2) is 0 Å². The summed E-state index contributed by atoms with van der Waals surface area (Å²) < 4.78 is 26.2. The van der Waals surface area contributed by atoms with Crippen molar-refractivity contribution in [2.45, 2.75) is 96.8 Å². The number of esters is 1. The first-order valence-electron chi connectivity index (χ1n) is 12.9. The maximum Gasteiger partial charge on any atom is 0.305 e. The summed E-state index contributed by atoms with van der Waals surface area (Å²) in [7, 11) is 0. The number of ether oxygens (including phenoxy) is 5. The Morgan fingerprint density at radius 3 is 1.47 bits per heavy atom. The molecule has 6 nitrogen and oxygen atoms in total. The van der Waals surface area contributed by atoms with Crippen molar-refractivity contribution in [3.05, 3.63) is 12.8 Å². The summed E-state index contributed by atoms with van der Waals surface area (Å²) in [6.07, 6.45) is 18.9. The van der Waals surface area contributed by atoms with Crippen LogP contribution in [0.4, 0.5) is 0 Å². The van der Waals surface area contributed by atoms with Gasteiger partial charge in [-0.05, 0) is 6.42 Å². The molecule has 0 N–H and O–H groups in total. The van der Waals surface area contributed by atoms with Crippen molar-refractivity contribution in [2.24, 2.45) is 0 Å². The van der Waals surface area contributed by atoms with Crippen LogP contribution in [0, 0.1) is 0 Å². The van der Waals surface area contributed by atoms with E-state index in [1.807, 2.05) is 0 Å². The SMILES string of the molecule is C=COCCOCCOCCOCCOC(=O)CCCCCCCCCCCCCCC. The Bertz CT molecular complexity index is 389. The standard InChI is InChI=1S/C26H50O6/c1-3-5-6-7-8-9-10-11-12-13-14-15-16-17-26(27)32-25-24-31-23-22-30-21-20-29-19-18-28-4-2/h4H,2-3,5-25H2,1H3. The molecular formula is C26H50O6.